The van der Waals surface area contributed by atoms with Crippen LogP contribution < -0.4 is 0 Å². The Morgan fingerprint density at radius 2 is 1.06 bits per heavy atom. The van der Waals surface area contributed by atoms with Crippen molar-refractivity contribution in [3.05, 3.63) is 79.0 Å². The van der Waals surface area contributed by atoms with Gasteiger partial charge in [-0.05, 0) is 0 Å². The predicted octanol–water partition coefficient (Wildman–Crippen LogP) is 3.42. The minimum atomic E-state index is 0.0752. The maximum atomic E-state index is 11.8. The highest BCUT2D eigenvalue weighted by atomic mass is 19.1. The van der Waals surface area contributed by atoms with Gasteiger partial charge in [-0.15, -0.1) is 0 Å². The first-order valence-corrected chi connectivity index (χ1v) is 4.71. The fourth-order valence-corrected chi connectivity index (χ4v) is 1.35. The Morgan fingerprint density at radius 1 is 0.750 bits per heavy atom. The monoisotopic (exact) mass is 213 g/mol. The van der Waals surface area contributed by atoms with E-state index >= 15 is 0 Å². The molecule has 0 saturated carbocycles. The number of rotatable bonds is 2. The number of halogens is 1. The smallest absolute Gasteiger partial charge is 0.232 e. The van der Waals surface area contributed by atoms with Crippen LogP contribution in [0.5, 0.6) is 0 Å². The molecule has 0 aliphatic rings. The van der Waals surface area contributed by atoms with Crippen LogP contribution in [-0.2, 0) is 0 Å². The van der Waals surface area contributed by atoms with Crippen LogP contribution in [0.25, 0.3) is 0 Å². The van der Waals surface area contributed by atoms with Crippen LogP contribution in [0.3, 0.4) is 0 Å². The lowest BCUT2D eigenvalue weighted by atomic mass is 10.0. The Morgan fingerprint density at radius 3 is 1.38 bits per heavy atom. The third kappa shape index (κ3) is 3.02. The van der Waals surface area contributed by atoms with Crippen molar-refractivity contribution in [2.24, 2.45) is 0 Å². The molecule has 0 saturated heterocycles. The normalized spacial score (nSPS) is 8.88. The van der Waals surface area contributed by atoms with Gasteiger partial charge in [0.05, 0.1) is 0 Å². The topological polar surface area (TPSA) is 17.1 Å². The maximum Gasteiger partial charge on any atom is 0.232 e. The predicted molar refractivity (Wildman–Crippen MR) is 60.7 cm³/mol. The third-order valence-electron chi connectivity index (χ3n) is 2.07. The number of carbonyl (C=O) groups excluding carboxylic acids is 1. The summed E-state index contributed by atoms with van der Waals surface area (Å²) >= 11 is 0. The molecule has 16 heavy (non-hydrogen) atoms. The van der Waals surface area contributed by atoms with E-state index in [4.69, 9.17) is 4.39 Å². The van der Waals surface area contributed by atoms with E-state index in [-0.39, 0.29) is 5.78 Å². The summed E-state index contributed by atoms with van der Waals surface area (Å²) in [6, 6.07) is 18.6. The molecule has 3 radical (unpaired) electrons. The van der Waals surface area contributed by atoms with E-state index in [1.807, 2.05) is 60.7 Å². The molecular weight excluding hydrogens is 203 g/mol. The summed E-state index contributed by atoms with van der Waals surface area (Å²) in [4.78, 5) is 11.8. The van der Waals surface area contributed by atoms with E-state index in [9.17, 15) is 4.79 Å². The minimum Gasteiger partial charge on any atom is -0.289 e. The largest absolute Gasteiger partial charge is 0.289 e. The van der Waals surface area contributed by atoms with E-state index in [0.29, 0.717) is 0 Å². The summed E-state index contributed by atoms with van der Waals surface area (Å²) in [6.07, 6.45) is 0. The zero-order chi connectivity index (χ0) is 11.8. The molecule has 0 aliphatic heterocycles. The van der Waals surface area contributed by atoms with Gasteiger partial charge in [-0.1, -0.05) is 60.7 Å². The number of benzene rings is 2. The number of hydrogen-bond acceptors (Lipinski definition) is 1. The molecule has 0 aromatic heterocycles. The van der Waals surface area contributed by atoms with Crippen molar-refractivity contribution in [3.8, 4) is 0 Å². The fourth-order valence-electron chi connectivity index (χ4n) is 1.35. The second-order valence-electron chi connectivity index (χ2n) is 3.06. The van der Waals surface area contributed by atoms with E-state index in [0.717, 1.165) is 11.1 Å². The van der Waals surface area contributed by atoms with Gasteiger partial charge in [0.2, 0.25) is 7.18 Å². The Bertz CT molecular complexity index is 382. The first kappa shape index (κ1) is 12.1. The average molecular weight is 213 g/mol. The third-order valence-corrected chi connectivity index (χ3v) is 2.07. The van der Waals surface area contributed by atoms with Gasteiger partial charge < -0.3 is 0 Å². The molecule has 0 spiro atoms. The molecule has 2 aromatic rings. The molecule has 2 heteroatoms. The lowest BCUT2D eigenvalue weighted by molar-refractivity contribution is 0.103. The lowest BCUT2D eigenvalue weighted by Gasteiger charge is -1.99. The minimum absolute atomic E-state index is 0.0752. The van der Waals surface area contributed by atoms with Gasteiger partial charge in [-0.3, -0.25) is 4.79 Å². The molecule has 0 unspecified atom stereocenters. The summed E-state index contributed by atoms with van der Waals surface area (Å²) in [6.45, 7) is 0. The van der Waals surface area contributed by atoms with Gasteiger partial charge in [0.1, 0.15) is 0 Å². The molecule has 0 atom stereocenters. The van der Waals surface area contributed by atoms with Crippen LogP contribution in [0.1, 0.15) is 15.9 Å². The summed E-state index contributed by atoms with van der Waals surface area (Å²) in [5.74, 6) is 0.0752. The highest BCUT2D eigenvalue weighted by Gasteiger charge is 2.06. The van der Waals surface area contributed by atoms with Crippen LogP contribution in [-0.4, -0.2) is 5.78 Å². The van der Waals surface area contributed by atoms with Crippen LogP contribution >= 0.6 is 0 Å². The number of carbonyl (C=O) groups is 1. The molecule has 0 fully saturated rings. The van der Waals surface area contributed by atoms with Gasteiger partial charge in [0.25, 0.3) is 0 Å². The van der Waals surface area contributed by atoms with Crippen LogP contribution in [0.4, 0.5) is 4.39 Å². The molecule has 0 N–H and O–H groups in total. The van der Waals surface area contributed by atoms with Gasteiger partial charge in [0.15, 0.2) is 5.78 Å². The van der Waals surface area contributed by atoms with Gasteiger partial charge >= 0.3 is 0 Å². The van der Waals surface area contributed by atoms with E-state index in [1.165, 1.54) is 0 Å². The van der Waals surface area contributed by atoms with Crippen molar-refractivity contribution in [1.82, 2.24) is 0 Å². The molecule has 2 rings (SSSR count). The number of ketones is 1. The van der Waals surface area contributed by atoms with Gasteiger partial charge in [0, 0.05) is 11.1 Å². The second-order valence-corrected chi connectivity index (χ2v) is 3.06. The van der Waals surface area contributed by atoms with Crippen molar-refractivity contribution >= 4 is 5.78 Å². The van der Waals surface area contributed by atoms with Crippen LogP contribution in [0.15, 0.2) is 60.7 Å². The van der Waals surface area contributed by atoms with Gasteiger partial charge in [-0.25, -0.2) is 4.39 Å². The summed E-state index contributed by atoms with van der Waals surface area (Å²) in [7, 11) is 4.25. The zero-order valence-electron chi connectivity index (χ0n) is 8.56. The molecule has 0 heterocycles. The van der Waals surface area contributed by atoms with Crippen LogP contribution in [0, 0.1) is 7.18 Å². The summed E-state index contributed by atoms with van der Waals surface area (Å²) < 4.78 is 8.75. The SMILES string of the molecule is O=C(c1ccccc1)c1ccccc1.[C]F. The Balaban J connectivity index is 0.000000606. The molecule has 0 aliphatic carbocycles. The Kier molecular flexibility index (Phi) is 4.93. The summed E-state index contributed by atoms with van der Waals surface area (Å²) in [5.41, 5.74) is 1.47. The van der Waals surface area contributed by atoms with Gasteiger partial charge in [-0.2, -0.15) is 0 Å². The average Bonchev–Trinajstić information content (AvgIpc) is 2.42. The van der Waals surface area contributed by atoms with E-state index in [2.05, 4.69) is 7.18 Å². The standard InChI is InChI=1S/C13H10O.CF/c14-13(11-7-3-1-4-8-11)12-9-5-2-6-10-12;1-2/h1-10H;. The van der Waals surface area contributed by atoms with Crippen molar-refractivity contribution < 1.29 is 9.18 Å². The molecular formula is C14H10FO. The highest BCUT2D eigenvalue weighted by molar-refractivity contribution is 6.08. The van der Waals surface area contributed by atoms with Crippen molar-refractivity contribution in [2.45, 2.75) is 0 Å². The molecule has 0 amide bonds. The zero-order valence-corrected chi connectivity index (χ0v) is 8.56. The molecule has 0 bridgehead atoms. The molecule has 79 valence electrons. The van der Waals surface area contributed by atoms with Crippen molar-refractivity contribution in [3.63, 3.8) is 0 Å². The Hall–Kier alpha value is -1.96. The fraction of sp³-hybridized carbons (Fsp3) is 0. The quantitative estimate of drug-likeness (QED) is 0.698. The number of hydrogen-bond donors (Lipinski definition) is 0. The summed E-state index contributed by atoms with van der Waals surface area (Å²) in [5, 5.41) is 0. The highest BCUT2D eigenvalue weighted by Crippen LogP contribution is 2.08. The molecule has 2 aromatic carbocycles. The Labute approximate surface area is 94.6 Å². The van der Waals surface area contributed by atoms with E-state index in [1.54, 1.807) is 0 Å². The lowest BCUT2D eigenvalue weighted by Crippen LogP contribution is -1.99. The maximum absolute atomic E-state index is 11.8. The van der Waals surface area contributed by atoms with Crippen molar-refractivity contribution in [2.75, 3.05) is 0 Å². The van der Waals surface area contributed by atoms with Crippen LogP contribution in [0.2, 0.25) is 0 Å². The molecule has 1 nitrogen and oxygen atoms in total. The van der Waals surface area contributed by atoms with E-state index < -0.39 is 0 Å². The van der Waals surface area contributed by atoms with Crippen molar-refractivity contribution in [1.29, 1.82) is 0 Å². The first-order chi connectivity index (χ1) is 7.88. The first-order valence-electron chi connectivity index (χ1n) is 4.71. The second kappa shape index (κ2) is 6.51.